The SMILES string of the molecule is CSc1nnc(CCCNC(=O)c2ccccc2Nc2ccccc2)n1CC(C)C. The Morgan fingerprint density at radius 1 is 1.07 bits per heavy atom. The number of aryl methyl sites for hydroxylation is 1. The van der Waals surface area contributed by atoms with Gasteiger partial charge >= 0.3 is 0 Å². The molecule has 1 amide bonds. The Morgan fingerprint density at radius 3 is 2.53 bits per heavy atom. The number of thioether (sulfide) groups is 1. The number of nitrogens with one attached hydrogen (secondary N) is 2. The van der Waals surface area contributed by atoms with E-state index in [-0.39, 0.29) is 5.91 Å². The minimum Gasteiger partial charge on any atom is -0.355 e. The van der Waals surface area contributed by atoms with Gasteiger partial charge in [0.2, 0.25) is 0 Å². The fraction of sp³-hybridized carbons (Fsp3) is 0.348. The number of aromatic nitrogens is 3. The summed E-state index contributed by atoms with van der Waals surface area (Å²) in [6, 6.07) is 17.4. The van der Waals surface area contributed by atoms with E-state index in [1.165, 1.54) is 0 Å². The van der Waals surface area contributed by atoms with Crippen molar-refractivity contribution in [3.05, 3.63) is 66.0 Å². The molecule has 0 radical (unpaired) electrons. The first-order chi connectivity index (χ1) is 14.6. The van der Waals surface area contributed by atoms with Crippen LogP contribution in [0.25, 0.3) is 0 Å². The molecular formula is C23H29N5OS. The maximum atomic E-state index is 12.7. The average molecular weight is 424 g/mol. The van der Waals surface area contributed by atoms with E-state index in [0.29, 0.717) is 18.0 Å². The zero-order valence-electron chi connectivity index (χ0n) is 17.8. The fourth-order valence-electron chi connectivity index (χ4n) is 3.21. The summed E-state index contributed by atoms with van der Waals surface area (Å²) >= 11 is 1.61. The Morgan fingerprint density at radius 2 is 1.80 bits per heavy atom. The highest BCUT2D eigenvalue weighted by molar-refractivity contribution is 7.98. The van der Waals surface area contributed by atoms with Gasteiger partial charge in [-0.05, 0) is 42.9 Å². The van der Waals surface area contributed by atoms with Crippen molar-refractivity contribution in [2.24, 2.45) is 5.92 Å². The van der Waals surface area contributed by atoms with Crippen LogP contribution in [0.1, 0.15) is 36.5 Å². The molecule has 7 heteroatoms. The number of carbonyl (C=O) groups is 1. The van der Waals surface area contributed by atoms with Crippen molar-refractivity contribution in [1.29, 1.82) is 0 Å². The first kappa shape index (κ1) is 21.9. The molecule has 0 saturated carbocycles. The van der Waals surface area contributed by atoms with Crippen LogP contribution in [0.2, 0.25) is 0 Å². The van der Waals surface area contributed by atoms with Crippen molar-refractivity contribution >= 4 is 29.0 Å². The van der Waals surface area contributed by atoms with Gasteiger partial charge in [0.25, 0.3) is 5.91 Å². The van der Waals surface area contributed by atoms with E-state index in [4.69, 9.17) is 0 Å². The highest BCUT2D eigenvalue weighted by Gasteiger charge is 2.14. The van der Waals surface area contributed by atoms with Crippen LogP contribution in [0.15, 0.2) is 59.8 Å². The van der Waals surface area contributed by atoms with Crippen molar-refractivity contribution in [2.75, 3.05) is 18.1 Å². The molecule has 0 spiro atoms. The van der Waals surface area contributed by atoms with Gasteiger partial charge in [0.1, 0.15) is 5.82 Å². The van der Waals surface area contributed by atoms with Gasteiger partial charge in [0, 0.05) is 25.2 Å². The highest BCUT2D eigenvalue weighted by Crippen LogP contribution is 2.21. The summed E-state index contributed by atoms with van der Waals surface area (Å²) in [6.07, 6.45) is 3.61. The lowest BCUT2D eigenvalue weighted by Gasteiger charge is -2.13. The van der Waals surface area contributed by atoms with Gasteiger partial charge in [0.05, 0.1) is 11.3 Å². The maximum Gasteiger partial charge on any atom is 0.253 e. The molecule has 0 atom stereocenters. The molecule has 2 aromatic carbocycles. The third kappa shape index (κ3) is 5.86. The molecule has 1 aromatic heterocycles. The Kier molecular flexibility index (Phi) is 7.90. The summed E-state index contributed by atoms with van der Waals surface area (Å²) in [5.74, 6) is 1.43. The van der Waals surface area contributed by atoms with Gasteiger partial charge < -0.3 is 15.2 Å². The second kappa shape index (κ2) is 10.8. The quantitative estimate of drug-likeness (QED) is 0.363. The molecule has 3 aromatic rings. The van der Waals surface area contributed by atoms with Crippen molar-refractivity contribution < 1.29 is 4.79 Å². The predicted octanol–water partition coefficient (Wildman–Crippen LogP) is 4.76. The van der Waals surface area contributed by atoms with Crippen LogP contribution in [0.3, 0.4) is 0 Å². The lowest BCUT2D eigenvalue weighted by molar-refractivity contribution is 0.0954. The van der Waals surface area contributed by atoms with Gasteiger partial charge in [-0.3, -0.25) is 4.79 Å². The highest BCUT2D eigenvalue weighted by atomic mass is 32.2. The summed E-state index contributed by atoms with van der Waals surface area (Å²) in [7, 11) is 0. The zero-order valence-corrected chi connectivity index (χ0v) is 18.6. The second-order valence-electron chi connectivity index (χ2n) is 7.50. The standard InChI is InChI=1S/C23H29N5OS/c1-17(2)16-28-21(26-27-23(28)30-3)14-9-15-24-22(29)19-12-7-8-13-20(19)25-18-10-5-4-6-11-18/h4-8,10-13,17,25H,9,14-16H2,1-3H3,(H,24,29). The first-order valence-electron chi connectivity index (χ1n) is 10.2. The van der Waals surface area contributed by atoms with Crippen LogP contribution in [0.5, 0.6) is 0 Å². The van der Waals surface area contributed by atoms with E-state index in [0.717, 1.165) is 41.7 Å². The Labute approximate surface area is 182 Å². The number of hydrogen-bond acceptors (Lipinski definition) is 5. The lowest BCUT2D eigenvalue weighted by Crippen LogP contribution is -2.25. The molecule has 0 saturated heterocycles. The van der Waals surface area contributed by atoms with Gasteiger partial charge in [-0.1, -0.05) is 55.9 Å². The van der Waals surface area contributed by atoms with E-state index < -0.39 is 0 Å². The summed E-state index contributed by atoms with van der Waals surface area (Å²) in [6.45, 7) is 5.87. The molecule has 1 heterocycles. The Bertz CT molecular complexity index is 955. The van der Waals surface area contributed by atoms with Crippen molar-refractivity contribution in [2.45, 2.75) is 38.4 Å². The molecule has 30 heavy (non-hydrogen) atoms. The lowest BCUT2D eigenvalue weighted by atomic mass is 10.1. The van der Waals surface area contributed by atoms with Crippen LogP contribution < -0.4 is 10.6 Å². The van der Waals surface area contributed by atoms with Crippen molar-refractivity contribution in [3.8, 4) is 0 Å². The number of benzene rings is 2. The fourth-order valence-corrected chi connectivity index (χ4v) is 3.74. The first-order valence-corrected chi connectivity index (χ1v) is 11.5. The summed E-state index contributed by atoms with van der Waals surface area (Å²) in [5.41, 5.74) is 2.38. The Balaban J connectivity index is 1.57. The topological polar surface area (TPSA) is 71.8 Å². The summed E-state index contributed by atoms with van der Waals surface area (Å²) in [4.78, 5) is 12.7. The van der Waals surface area contributed by atoms with E-state index in [2.05, 4.69) is 39.2 Å². The Hall–Kier alpha value is -2.80. The second-order valence-corrected chi connectivity index (χ2v) is 8.28. The van der Waals surface area contributed by atoms with Crippen molar-refractivity contribution in [1.82, 2.24) is 20.1 Å². The van der Waals surface area contributed by atoms with Gasteiger partial charge in [0.15, 0.2) is 5.16 Å². The molecule has 158 valence electrons. The van der Waals surface area contributed by atoms with Gasteiger partial charge in [-0.15, -0.1) is 10.2 Å². The molecule has 0 fully saturated rings. The largest absolute Gasteiger partial charge is 0.355 e. The van der Waals surface area contributed by atoms with Crippen LogP contribution in [0, 0.1) is 5.92 Å². The predicted molar refractivity (Wildman–Crippen MR) is 123 cm³/mol. The smallest absolute Gasteiger partial charge is 0.253 e. The molecule has 0 aliphatic heterocycles. The van der Waals surface area contributed by atoms with Crippen molar-refractivity contribution in [3.63, 3.8) is 0 Å². The van der Waals surface area contributed by atoms with Crippen LogP contribution in [-0.2, 0) is 13.0 Å². The molecular weight excluding hydrogens is 394 g/mol. The summed E-state index contributed by atoms with van der Waals surface area (Å²) < 4.78 is 2.19. The number of rotatable bonds is 10. The molecule has 3 rings (SSSR count). The monoisotopic (exact) mass is 423 g/mol. The average Bonchev–Trinajstić information content (AvgIpc) is 3.13. The number of anilines is 2. The molecule has 0 aliphatic rings. The minimum atomic E-state index is -0.0810. The van der Waals surface area contributed by atoms with E-state index in [1.54, 1.807) is 11.8 Å². The minimum absolute atomic E-state index is 0.0810. The third-order valence-electron chi connectivity index (χ3n) is 4.61. The molecule has 2 N–H and O–H groups in total. The van der Waals surface area contributed by atoms with Crippen LogP contribution in [0.4, 0.5) is 11.4 Å². The number of nitrogens with zero attached hydrogens (tertiary/aromatic N) is 3. The summed E-state index contributed by atoms with van der Waals surface area (Å²) in [5, 5.41) is 15.9. The van der Waals surface area contributed by atoms with E-state index >= 15 is 0 Å². The molecule has 6 nitrogen and oxygen atoms in total. The normalized spacial score (nSPS) is 10.9. The zero-order chi connectivity index (χ0) is 21.3. The maximum absolute atomic E-state index is 12.7. The number of carbonyl (C=O) groups excluding carboxylic acids is 1. The van der Waals surface area contributed by atoms with Gasteiger partial charge in [-0.2, -0.15) is 0 Å². The van der Waals surface area contributed by atoms with Gasteiger partial charge in [-0.25, -0.2) is 0 Å². The number of para-hydroxylation sites is 2. The number of amides is 1. The third-order valence-corrected chi connectivity index (χ3v) is 5.28. The van der Waals surface area contributed by atoms with E-state index in [1.807, 2.05) is 60.9 Å². The van der Waals surface area contributed by atoms with Crippen LogP contribution >= 0.6 is 11.8 Å². The number of hydrogen-bond donors (Lipinski definition) is 2. The van der Waals surface area contributed by atoms with Crippen LogP contribution in [-0.4, -0.2) is 33.5 Å². The molecule has 0 unspecified atom stereocenters. The molecule has 0 aliphatic carbocycles. The molecule has 0 bridgehead atoms. The van der Waals surface area contributed by atoms with E-state index in [9.17, 15) is 4.79 Å².